The van der Waals surface area contributed by atoms with Gasteiger partial charge in [-0.3, -0.25) is 0 Å². The second kappa shape index (κ2) is 4.24. The molecule has 90 valence electrons. The van der Waals surface area contributed by atoms with Crippen LogP contribution in [-0.4, -0.2) is 43.2 Å². The summed E-state index contributed by atoms with van der Waals surface area (Å²) >= 11 is 0. The van der Waals surface area contributed by atoms with Gasteiger partial charge in [-0.1, -0.05) is 12.8 Å². The molecule has 0 bridgehead atoms. The lowest BCUT2D eigenvalue weighted by atomic mass is 10.0. The van der Waals surface area contributed by atoms with Crippen LogP contribution in [0.15, 0.2) is 0 Å². The van der Waals surface area contributed by atoms with Crippen molar-refractivity contribution < 1.29 is 4.79 Å². The first-order chi connectivity index (χ1) is 7.83. The monoisotopic (exact) mass is 223 g/mol. The van der Waals surface area contributed by atoms with Crippen molar-refractivity contribution in [2.24, 2.45) is 11.8 Å². The summed E-state index contributed by atoms with van der Waals surface area (Å²) in [5, 5.41) is 6.58. The Morgan fingerprint density at radius 3 is 2.38 bits per heavy atom. The maximum atomic E-state index is 12.0. The molecule has 3 fully saturated rings. The van der Waals surface area contributed by atoms with Crippen LogP contribution in [0.25, 0.3) is 0 Å². The maximum Gasteiger partial charge on any atom is 0.317 e. The third kappa shape index (κ3) is 1.90. The molecule has 0 radical (unpaired) electrons. The first kappa shape index (κ1) is 10.4. The molecule has 4 heteroatoms. The summed E-state index contributed by atoms with van der Waals surface area (Å²) in [5.41, 5.74) is 0. The second-order valence-electron chi connectivity index (χ2n) is 5.51. The van der Waals surface area contributed by atoms with E-state index in [0.717, 1.165) is 26.2 Å². The fraction of sp³-hybridized carbons (Fsp3) is 0.917. The van der Waals surface area contributed by atoms with Gasteiger partial charge in [-0.25, -0.2) is 4.79 Å². The molecule has 2 amide bonds. The van der Waals surface area contributed by atoms with E-state index < -0.39 is 0 Å². The minimum absolute atomic E-state index is 0.182. The van der Waals surface area contributed by atoms with Crippen molar-refractivity contribution in [2.45, 2.75) is 31.7 Å². The summed E-state index contributed by atoms with van der Waals surface area (Å²) in [6, 6.07) is 0.632. The van der Waals surface area contributed by atoms with E-state index in [9.17, 15) is 4.79 Å². The highest BCUT2D eigenvalue weighted by Crippen LogP contribution is 2.26. The first-order valence-electron chi connectivity index (χ1n) is 6.59. The highest BCUT2D eigenvalue weighted by molar-refractivity contribution is 5.75. The van der Waals surface area contributed by atoms with Crippen LogP contribution in [0.5, 0.6) is 0 Å². The van der Waals surface area contributed by atoms with Crippen molar-refractivity contribution >= 4 is 6.03 Å². The van der Waals surface area contributed by atoms with Gasteiger partial charge < -0.3 is 15.5 Å². The normalized spacial score (nSPS) is 34.4. The standard InChI is InChI=1S/C12H21N3O/c16-12(14-11-3-1-2-4-11)15-7-9-5-13-6-10(9)8-15/h9-11,13H,1-8H2,(H,14,16)/t9-,10+. The van der Waals surface area contributed by atoms with E-state index in [1.165, 1.54) is 25.7 Å². The van der Waals surface area contributed by atoms with E-state index in [2.05, 4.69) is 10.6 Å². The molecule has 4 nitrogen and oxygen atoms in total. The molecule has 2 heterocycles. The average molecular weight is 223 g/mol. The van der Waals surface area contributed by atoms with Gasteiger partial charge in [-0.05, 0) is 24.7 Å². The zero-order valence-electron chi connectivity index (χ0n) is 9.74. The van der Waals surface area contributed by atoms with Gasteiger partial charge >= 0.3 is 6.03 Å². The van der Waals surface area contributed by atoms with Gasteiger partial charge in [0.25, 0.3) is 0 Å². The number of rotatable bonds is 1. The quantitative estimate of drug-likeness (QED) is 0.690. The summed E-state index contributed by atoms with van der Waals surface area (Å²) in [5.74, 6) is 1.41. The summed E-state index contributed by atoms with van der Waals surface area (Å²) in [6.07, 6.45) is 4.90. The fourth-order valence-corrected chi connectivity index (χ4v) is 3.36. The second-order valence-corrected chi connectivity index (χ2v) is 5.51. The van der Waals surface area contributed by atoms with Gasteiger partial charge in [0.2, 0.25) is 0 Å². The fourth-order valence-electron chi connectivity index (χ4n) is 3.36. The van der Waals surface area contributed by atoms with Crippen LogP contribution in [0.4, 0.5) is 4.79 Å². The maximum absolute atomic E-state index is 12.0. The molecule has 0 aromatic carbocycles. The van der Waals surface area contributed by atoms with Crippen LogP contribution in [0.2, 0.25) is 0 Å². The largest absolute Gasteiger partial charge is 0.335 e. The van der Waals surface area contributed by atoms with Gasteiger partial charge in [0.1, 0.15) is 0 Å². The lowest BCUT2D eigenvalue weighted by molar-refractivity contribution is 0.201. The number of nitrogens with zero attached hydrogens (tertiary/aromatic N) is 1. The molecule has 16 heavy (non-hydrogen) atoms. The molecule has 2 atom stereocenters. The van der Waals surface area contributed by atoms with E-state index in [0.29, 0.717) is 17.9 Å². The number of carbonyl (C=O) groups is 1. The van der Waals surface area contributed by atoms with Crippen LogP contribution >= 0.6 is 0 Å². The molecule has 3 rings (SSSR count). The number of likely N-dealkylation sites (tertiary alicyclic amines) is 1. The average Bonchev–Trinajstić information content (AvgIpc) is 2.91. The van der Waals surface area contributed by atoms with E-state index in [-0.39, 0.29) is 6.03 Å². The van der Waals surface area contributed by atoms with Crippen LogP contribution < -0.4 is 10.6 Å². The van der Waals surface area contributed by atoms with Crippen LogP contribution in [0.1, 0.15) is 25.7 Å². The molecule has 2 saturated heterocycles. The first-order valence-corrected chi connectivity index (χ1v) is 6.59. The summed E-state index contributed by atoms with van der Waals surface area (Å²) in [7, 11) is 0. The Kier molecular flexibility index (Phi) is 2.75. The third-order valence-electron chi connectivity index (χ3n) is 4.36. The number of amides is 2. The van der Waals surface area contributed by atoms with Gasteiger partial charge in [-0.15, -0.1) is 0 Å². The van der Waals surface area contributed by atoms with E-state index in [1.807, 2.05) is 4.90 Å². The number of fused-ring (bicyclic) bond motifs is 1. The molecule has 2 aliphatic heterocycles. The number of nitrogens with one attached hydrogen (secondary N) is 2. The molecule has 0 unspecified atom stereocenters. The number of hydrogen-bond donors (Lipinski definition) is 2. The van der Waals surface area contributed by atoms with Crippen molar-refractivity contribution in [3.05, 3.63) is 0 Å². The van der Waals surface area contributed by atoms with Gasteiger partial charge in [0.05, 0.1) is 0 Å². The highest BCUT2D eigenvalue weighted by Gasteiger charge is 2.38. The predicted octanol–water partition coefficient (Wildman–Crippen LogP) is 0.790. The molecular weight excluding hydrogens is 202 g/mol. The molecule has 0 aromatic heterocycles. The van der Waals surface area contributed by atoms with Crippen molar-refractivity contribution in [1.29, 1.82) is 0 Å². The summed E-state index contributed by atoms with van der Waals surface area (Å²) in [4.78, 5) is 14.0. The van der Waals surface area contributed by atoms with Crippen molar-refractivity contribution in [3.8, 4) is 0 Å². The van der Waals surface area contributed by atoms with Gasteiger partial charge in [-0.2, -0.15) is 0 Å². The number of urea groups is 1. The lowest BCUT2D eigenvalue weighted by Crippen LogP contribution is -2.43. The molecular formula is C12H21N3O. The van der Waals surface area contributed by atoms with Crippen LogP contribution in [0.3, 0.4) is 0 Å². The lowest BCUT2D eigenvalue weighted by Gasteiger charge is -2.21. The predicted molar refractivity (Wildman–Crippen MR) is 62.2 cm³/mol. The van der Waals surface area contributed by atoms with Crippen molar-refractivity contribution in [3.63, 3.8) is 0 Å². The zero-order valence-corrected chi connectivity index (χ0v) is 9.74. The Hall–Kier alpha value is -0.770. The highest BCUT2D eigenvalue weighted by atomic mass is 16.2. The minimum Gasteiger partial charge on any atom is -0.335 e. The van der Waals surface area contributed by atoms with Gasteiger partial charge in [0.15, 0.2) is 0 Å². The molecule has 0 aromatic rings. The van der Waals surface area contributed by atoms with E-state index in [1.54, 1.807) is 0 Å². The smallest absolute Gasteiger partial charge is 0.317 e. The van der Waals surface area contributed by atoms with Gasteiger partial charge in [0, 0.05) is 32.2 Å². The summed E-state index contributed by atoms with van der Waals surface area (Å²) in [6.45, 7) is 4.10. The Labute approximate surface area is 96.8 Å². The van der Waals surface area contributed by atoms with Crippen LogP contribution in [0, 0.1) is 11.8 Å². The zero-order chi connectivity index (χ0) is 11.0. The third-order valence-corrected chi connectivity index (χ3v) is 4.36. The SMILES string of the molecule is O=C(NC1CCCC1)N1C[C@H]2CNC[C@H]2C1. The van der Waals surface area contributed by atoms with Crippen LogP contribution in [-0.2, 0) is 0 Å². The Morgan fingerprint density at radius 2 is 1.75 bits per heavy atom. The number of hydrogen-bond acceptors (Lipinski definition) is 2. The Balaban J connectivity index is 1.51. The van der Waals surface area contributed by atoms with E-state index >= 15 is 0 Å². The Bertz CT molecular complexity index is 263. The van der Waals surface area contributed by atoms with E-state index in [4.69, 9.17) is 0 Å². The molecule has 1 aliphatic carbocycles. The molecule has 2 N–H and O–H groups in total. The topological polar surface area (TPSA) is 44.4 Å². The summed E-state index contributed by atoms with van der Waals surface area (Å²) < 4.78 is 0. The number of carbonyl (C=O) groups excluding carboxylic acids is 1. The van der Waals surface area contributed by atoms with Crippen molar-refractivity contribution in [2.75, 3.05) is 26.2 Å². The molecule has 3 aliphatic rings. The minimum atomic E-state index is 0.182. The molecule has 1 saturated carbocycles. The van der Waals surface area contributed by atoms with Crippen molar-refractivity contribution in [1.82, 2.24) is 15.5 Å². The Morgan fingerprint density at radius 1 is 1.12 bits per heavy atom. The molecule has 0 spiro atoms.